The lowest BCUT2D eigenvalue weighted by atomic mass is 9.94. The molecule has 0 saturated carbocycles. The molecular formula is C30H31NO5. The summed E-state index contributed by atoms with van der Waals surface area (Å²) in [7, 11) is 3.15. The van der Waals surface area contributed by atoms with Crippen molar-refractivity contribution in [1.82, 2.24) is 4.90 Å². The Labute approximate surface area is 211 Å². The number of hydrogen-bond donors (Lipinski definition) is 1. The summed E-state index contributed by atoms with van der Waals surface area (Å²) in [6.45, 7) is 4.31. The van der Waals surface area contributed by atoms with E-state index in [1.54, 1.807) is 31.3 Å². The Hall–Kier alpha value is -4.06. The number of ketones is 1. The molecule has 1 fully saturated rings. The second-order valence-electron chi connectivity index (χ2n) is 8.90. The number of carbonyl (C=O) groups is 2. The zero-order valence-corrected chi connectivity index (χ0v) is 21.1. The number of likely N-dealkylation sites (tertiary alicyclic amines) is 1. The molecule has 1 saturated heterocycles. The van der Waals surface area contributed by atoms with Crippen molar-refractivity contribution in [2.24, 2.45) is 0 Å². The Bertz CT molecular complexity index is 1310. The van der Waals surface area contributed by atoms with Gasteiger partial charge < -0.3 is 19.5 Å². The number of Topliss-reactive ketones (excluding diaryl/α,β-unsaturated/α-hetero) is 1. The molecule has 6 heteroatoms. The van der Waals surface area contributed by atoms with Crippen molar-refractivity contribution in [2.75, 3.05) is 20.8 Å². The summed E-state index contributed by atoms with van der Waals surface area (Å²) in [5, 5.41) is 11.3. The van der Waals surface area contributed by atoms with Gasteiger partial charge in [0.25, 0.3) is 11.7 Å². The van der Waals surface area contributed by atoms with Crippen LogP contribution in [0.15, 0.2) is 72.3 Å². The number of amides is 1. The third-order valence-electron chi connectivity index (χ3n) is 6.62. The third-order valence-corrected chi connectivity index (χ3v) is 6.62. The highest BCUT2D eigenvalue weighted by atomic mass is 16.5. The number of hydrogen-bond acceptors (Lipinski definition) is 5. The molecule has 1 aliphatic heterocycles. The molecular weight excluding hydrogens is 454 g/mol. The van der Waals surface area contributed by atoms with Crippen LogP contribution in [0.4, 0.5) is 0 Å². The maximum Gasteiger partial charge on any atom is 0.295 e. The first-order chi connectivity index (χ1) is 17.4. The van der Waals surface area contributed by atoms with E-state index in [9.17, 15) is 14.7 Å². The first-order valence-electron chi connectivity index (χ1n) is 12.0. The summed E-state index contributed by atoms with van der Waals surface area (Å²) < 4.78 is 10.7. The number of aliphatic hydroxyl groups excluding tert-OH is 1. The van der Waals surface area contributed by atoms with Gasteiger partial charge in [0.15, 0.2) is 11.5 Å². The summed E-state index contributed by atoms with van der Waals surface area (Å²) in [5.74, 6) is -0.228. The zero-order chi connectivity index (χ0) is 25.8. The molecule has 1 aliphatic rings. The highest BCUT2D eigenvalue weighted by Crippen LogP contribution is 2.40. The number of nitrogens with zero attached hydrogens (tertiary/aromatic N) is 1. The Morgan fingerprint density at radius 1 is 0.917 bits per heavy atom. The Balaban J connectivity index is 1.74. The molecule has 1 N–H and O–H groups in total. The van der Waals surface area contributed by atoms with Crippen LogP contribution in [0.25, 0.3) is 5.76 Å². The van der Waals surface area contributed by atoms with Gasteiger partial charge in [-0.15, -0.1) is 0 Å². The molecule has 4 rings (SSSR count). The number of aliphatic hydroxyl groups is 1. The van der Waals surface area contributed by atoms with Crippen molar-refractivity contribution in [3.8, 4) is 11.5 Å². The van der Waals surface area contributed by atoms with E-state index < -0.39 is 17.7 Å². The molecule has 3 aromatic carbocycles. The lowest BCUT2D eigenvalue weighted by Gasteiger charge is -2.26. The molecule has 3 aromatic rings. The van der Waals surface area contributed by atoms with Crippen LogP contribution in [0.2, 0.25) is 0 Å². The van der Waals surface area contributed by atoms with E-state index >= 15 is 0 Å². The van der Waals surface area contributed by atoms with E-state index in [0.717, 1.165) is 28.7 Å². The molecule has 0 bridgehead atoms. The van der Waals surface area contributed by atoms with Crippen molar-refractivity contribution in [3.63, 3.8) is 0 Å². The number of methoxy groups -OCH3 is 2. The molecule has 0 aliphatic carbocycles. The summed E-state index contributed by atoms with van der Waals surface area (Å²) in [5.41, 5.74) is 4.48. The van der Waals surface area contributed by atoms with Gasteiger partial charge in [-0.1, -0.05) is 67.1 Å². The molecule has 6 nitrogen and oxygen atoms in total. The lowest BCUT2D eigenvalue weighted by Crippen LogP contribution is -2.31. The van der Waals surface area contributed by atoms with Crippen molar-refractivity contribution in [2.45, 2.75) is 32.7 Å². The van der Waals surface area contributed by atoms with Crippen LogP contribution in [-0.2, 0) is 22.4 Å². The second-order valence-corrected chi connectivity index (χ2v) is 8.90. The van der Waals surface area contributed by atoms with Crippen molar-refractivity contribution in [1.29, 1.82) is 0 Å². The average Bonchev–Trinajstić information content (AvgIpc) is 3.16. The molecule has 1 amide bonds. The predicted octanol–water partition coefficient (Wildman–Crippen LogP) is 5.24. The largest absolute Gasteiger partial charge is 0.507 e. The van der Waals surface area contributed by atoms with Gasteiger partial charge in [-0.2, -0.15) is 0 Å². The van der Waals surface area contributed by atoms with Gasteiger partial charge in [0.1, 0.15) is 5.76 Å². The van der Waals surface area contributed by atoms with Crippen LogP contribution in [0.5, 0.6) is 11.5 Å². The van der Waals surface area contributed by atoms with E-state index in [-0.39, 0.29) is 11.3 Å². The smallest absolute Gasteiger partial charge is 0.295 e. The fourth-order valence-corrected chi connectivity index (χ4v) is 4.64. The van der Waals surface area contributed by atoms with E-state index in [1.807, 2.05) is 61.5 Å². The summed E-state index contributed by atoms with van der Waals surface area (Å²) in [6.07, 6.45) is 1.37. The Morgan fingerprint density at radius 2 is 1.61 bits per heavy atom. The monoisotopic (exact) mass is 485 g/mol. The van der Waals surface area contributed by atoms with E-state index in [4.69, 9.17) is 9.47 Å². The number of ether oxygens (including phenoxy) is 2. The molecule has 36 heavy (non-hydrogen) atoms. The molecule has 1 unspecified atom stereocenters. The summed E-state index contributed by atoms with van der Waals surface area (Å²) in [4.78, 5) is 28.1. The minimum atomic E-state index is -0.684. The maximum atomic E-state index is 13.3. The van der Waals surface area contributed by atoms with Crippen LogP contribution in [0.3, 0.4) is 0 Å². The van der Waals surface area contributed by atoms with Gasteiger partial charge in [-0.3, -0.25) is 9.59 Å². The van der Waals surface area contributed by atoms with E-state index in [0.29, 0.717) is 30.0 Å². The van der Waals surface area contributed by atoms with Crippen LogP contribution < -0.4 is 9.47 Å². The highest BCUT2D eigenvalue weighted by Gasteiger charge is 2.45. The molecule has 1 atom stereocenters. The predicted molar refractivity (Wildman–Crippen MR) is 139 cm³/mol. The van der Waals surface area contributed by atoms with Gasteiger partial charge in [0.05, 0.1) is 25.8 Å². The Morgan fingerprint density at radius 3 is 2.25 bits per heavy atom. The number of rotatable bonds is 8. The van der Waals surface area contributed by atoms with Gasteiger partial charge in [0, 0.05) is 12.1 Å². The highest BCUT2D eigenvalue weighted by molar-refractivity contribution is 6.46. The lowest BCUT2D eigenvalue weighted by molar-refractivity contribution is -0.139. The van der Waals surface area contributed by atoms with Crippen LogP contribution in [0.1, 0.15) is 40.8 Å². The van der Waals surface area contributed by atoms with Gasteiger partial charge in [0.2, 0.25) is 0 Å². The number of aryl methyl sites for hydroxylation is 2. The molecule has 0 aromatic heterocycles. The van der Waals surface area contributed by atoms with Gasteiger partial charge in [-0.05, 0) is 48.6 Å². The SMILES string of the molecule is CCc1ccc(/C(O)=C2\C(=O)C(=O)N(CCc3ccc(OC)c(OC)c3)C2c2cccc(C)c2)cc1. The first kappa shape index (κ1) is 25.0. The van der Waals surface area contributed by atoms with Crippen molar-refractivity contribution < 1.29 is 24.2 Å². The fraction of sp³-hybridized carbons (Fsp3) is 0.267. The van der Waals surface area contributed by atoms with Crippen molar-refractivity contribution >= 4 is 17.4 Å². The summed E-state index contributed by atoms with van der Waals surface area (Å²) in [6, 6.07) is 20.0. The second kappa shape index (κ2) is 10.7. The summed E-state index contributed by atoms with van der Waals surface area (Å²) >= 11 is 0. The van der Waals surface area contributed by atoms with Crippen LogP contribution in [-0.4, -0.2) is 42.5 Å². The molecule has 0 radical (unpaired) electrons. The maximum absolute atomic E-state index is 13.3. The first-order valence-corrected chi connectivity index (χ1v) is 12.0. The minimum Gasteiger partial charge on any atom is -0.507 e. The average molecular weight is 486 g/mol. The standard InChI is InChI=1S/C30H31NO5/c1-5-20-9-12-22(13-10-20)28(32)26-27(23-8-6-7-19(2)17-23)31(30(34)29(26)33)16-15-21-11-14-24(35-3)25(18-21)36-4/h6-14,17-18,27,32H,5,15-16H2,1-4H3/b28-26+. The van der Waals surface area contributed by atoms with E-state index in [1.165, 1.54) is 0 Å². The topological polar surface area (TPSA) is 76.1 Å². The fourth-order valence-electron chi connectivity index (χ4n) is 4.64. The van der Waals surface area contributed by atoms with E-state index in [2.05, 4.69) is 6.92 Å². The molecule has 1 heterocycles. The molecule has 0 spiro atoms. The normalized spacial score (nSPS) is 16.9. The van der Waals surface area contributed by atoms with Crippen molar-refractivity contribution in [3.05, 3.63) is 100 Å². The zero-order valence-electron chi connectivity index (χ0n) is 21.1. The minimum absolute atomic E-state index is 0.113. The third kappa shape index (κ3) is 4.85. The number of carbonyl (C=O) groups excluding carboxylic acids is 2. The van der Waals surface area contributed by atoms with Gasteiger partial charge >= 0.3 is 0 Å². The Kier molecular flexibility index (Phi) is 7.44. The van der Waals surface area contributed by atoms with Crippen LogP contribution >= 0.6 is 0 Å². The quantitative estimate of drug-likeness (QED) is 0.268. The van der Waals surface area contributed by atoms with Crippen LogP contribution in [0, 0.1) is 6.92 Å². The molecule has 186 valence electrons. The van der Waals surface area contributed by atoms with Gasteiger partial charge in [-0.25, -0.2) is 0 Å². The number of benzene rings is 3.